The predicted molar refractivity (Wildman–Crippen MR) is 71.1 cm³/mol. The first-order valence-corrected chi connectivity index (χ1v) is 6.17. The lowest BCUT2D eigenvalue weighted by Gasteiger charge is -2.08. The van der Waals surface area contributed by atoms with Gasteiger partial charge in [-0.2, -0.15) is 13.2 Å². The number of aromatic nitrogens is 2. The van der Waals surface area contributed by atoms with Gasteiger partial charge in [0.2, 0.25) is 5.82 Å². The largest absolute Gasteiger partial charge is 0.433 e. The van der Waals surface area contributed by atoms with Gasteiger partial charge in [0, 0.05) is 16.7 Å². The van der Waals surface area contributed by atoms with Crippen LogP contribution >= 0.6 is 15.9 Å². The molecule has 0 radical (unpaired) electrons. The number of rotatable bonds is 3. The molecule has 0 atom stereocenters. The second-order valence-electron chi connectivity index (χ2n) is 3.83. The molecular weight excluding hydrogens is 357 g/mol. The molecule has 0 bridgehead atoms. The van der Waals surface area contributed by atoms with Crippen molar-refractivity contribution in [1.82, 2.24) is 9.97 Å². The Hall–Kier alpha value is -2.23. The van der Waals surface area contributed by atoms with Crippen molar-refractivity contribution in [3.05, 3.63) is 50.9 Å². The van der Waals surface area contributed by atoms with Crippen molar-refractivity contribution in [2.75, 3.05) is 5.32 Å². The Labute approximate surface area is 124 Å². The van der Waals surface area contributed by atoms with Crippen LogP contribution in [0.2, 0.25) is 0 Å². The molecule has 10 heteroatoms. The van der Waals surface area contributed by atoms with E-state index in [4.69, 9.17) is 0 Å². The van der Waals surface area contributed by atoms with Crippen molar-refractivity contribution in [2.24, 2.45) is 0 Å². The zero-order valence-electron chi connectivity index (χ0n) is 10.1. The van der Waals surface area contributed by atoms with Crippen molar-refractivity contribution in [3.63, 3.8) is 0 Å². The maximum Gasteiger partial charge on any atom is 0.433 e. The Morgan fingerprint density at radius 1 is 1.24 bits per heavy atom. The van der Waals surface area contributed by atoms with Crippen LogP contribution in [0.3, 0.4) is 0 Å². The SMILES string of the molecule is O=[N+]([O-])c1cc(Br)cnc1Nc1ccc(C(F)(F)F)nc1. The van der Waals surface area contributed by atoms with Crippen molar-refractivity contribution in [2.45, 2.75) is 6.18 Å². The number of hydrogen-bond acceptors (Lipinski definition) is 5. The first kappa shape index (κ1) is 15.2. The van der Waals surface area contributed by atoms with Gasteiger partial charge in [0.15, 0.2) is 0 Å². The van der Waals surface area contributed by atoms with Gasteiger partial charge in [0.05, 0.1) is 16.8 Å². The van der Waals surface area contributed by atoms with Gasteiger partial charge in [-0.15, -0.1) is 0 Å². The van der Waals surface area contributed by atoms with Gasteiger partial charge >= 0.3 is 11.9 Å². The normalized spacial score (nSPS) is 11.2. The molecular formula is C11H6BrF3N4O2. The van der Waals surface area contributed by atoms with E-state index in [9.17, 15) is 23.3 Å². The molecule has 1 N–H and O–H groups in total. The Bertz CT molecular complexity index is 676. The summed E-state index contributed by atoms with van der Waals surface area (Å²) in [6, 6.07) is 3.11. The topological polar surface area (TPSA) is 81.0 Å². The van der Waals surface area contributed by atoms with Gasteiger partial charge in [-0.05, 0) is 28.1 Å². The second-order valence-corrected chi connectivity index (χ2v) is 4.75. The molecule has 6 nitrogen and oxygen atoms in total. The molecule has 2 aromatic rings. The molecule has 0 saturated heterocycles. The summed E-state index contributed by atoms with van der Waals surface area (Å²) in [6.45, 7) is 0. The molecule has 0 unspecified atom stereocenters. The van der Waals surface area contributed by atoms with E-state index >= 15 is 0 Å². The molecule has 0 aromatic carbocycles. The van der Waals surface area contributed by atoms with Crippen LogP contribution in [0.15, 0.2) is 35.1 Å². The van der Waals surface area contributed by atoms with Crippen LogP contribution in [0.25, 0.3) is 0 Å². The number of alkyl halides is 3. The zero-order chi connectivity index (χ0) is 15.6. The molecule has 110 valence electrons. The van der Waals surface area contributed by atoms with Crippen LogP contribution in [0.4, 0.5) is 30.4 Å². The molecule has 0 aliphatic carbocycles. The van der Waals surface area contributed by atoms with E-state index in [2.05, 4.69) is 31.2 Å². The summed E-state index contributed by atoms with van der Waals surface area (Å²) in [5.41, 5.74) is -1.21. The molecule has 2 rings (SSSR count). The minimum absolute atomic E-state index is 0.0928. The van der Waals surface area contributed by atoms with E-state index in [0.717, 1.165) is 18.3 Å². The minimum Gasteiger partial charge on any atom is -0.333 e. The monoisotopic (exact) mass is 362 g/mol. The van der Waals surface area contributed by atoms with Gasteiger partial charge < -0.3 is 5.32 Å². The van der Waals surface area contributed by atoms with Gasteiger partial charge in [0.1, 0.15) is 5.69 Å². The fraction of sp³-hybridized carbons (Fsp3) is 0.0909. The first-order valence-electron chi connectivity index (χ1n) is 5.37. The number of pyridine rings is 2. The smallest absolute Gasteiger partial charge is 0.333 e. The van der Waals surface area contributed by atoms with E-state index in [1.165, 1.54) is 12.3 Å². The number of nitro groups is 1. The number of hydrogen-bond donors (Lipinski definition) is 1. The van der Waals surface area contributed by atoms with Crippen molar-refractivity contribution in [3.8, 4) is 0 Å². The van der Waals surface area contributed by atoms with Crippen molar-refractivity contribution >= 4 is 33.1 Å². The fourth-order valence-electron chi connectivity index (χ4n) is 1.44. The van der Waals surface area contributed by atoms with E-state index < -0.39 is 16.8 Å². The van der Waals surface area contributed by atoms with Crippen LogP contribution in [0.1, 0.15) is 5.69 Å². The molecule has 0 aliphatic heterocycles. The fourth-order valence-corrected chi connectivity index (χ4v) is 1.76. The van der Waals surface area contributed by atoms with Crippen molar-refractivity contribution < 1.29 is 18.1 Å². The lowest BCUT2D eigenvalue weighted by molar-refractivity contribution is -0.384. The lowest BCUT2D eigenvalue weighted by atomic mass is 10.3. The minimum atomic E-state index is -4.54. The molecule has 2 heterocycles. The summed E-state index contributed by atoms with van der Waals surface area (Å²) in [4.78, 5) is 17.3. The van der Waals surface area contributed by atoms with Crippen molar-refractivity contribution in [1.29, 1.82) is 0 Å². The molecule has 0 saturated carbocycles. The molecule has 0 fully saturated rings. The summed E-state index contributed by atoms with van der Waals surface area (Å²) >= 11 is 3.05. The number of halogens is 4. The quantitative estimate of drug-likeness (QED) is 0.661. The summed E-state index contributed by atoms with van der Waals surface area (Å²) in [6.07, 6.45) is -2.29. The summed E-state index contributed by atoms with van der Waals surface area (Å²) in [7, 11) is 0. The maximum atomic E-state index is 12.4. The van der Waals surface area contributed by atoms with Crippen LogP contribution in [-0.4, -0.2) is 14.9 Å². The molecule has 0 aliphatic rings. The van der Waals surface area contributed by atoms with E-state index in [1.807, 2.05) is 0 Å². The number of anilines is 2. The third-order valence-corrected chi connectivity index (χ3v) is 2.78. The summed E-state index contributed by atoms with van der Waals surface area (Å²) in [5, 5.41) is 13.4. The lowest BCUT2D eigenvalue weighted by Crippen LogP contribution is -2.08. The zero-order valence-corrected chi connectivity index (χ0v) is 11.6. The van der Waals surface area contributed by atoms with E-state index in [-0.39, 0.29) is 17.2 Å². The highest BCUT2D eigenvalue weighted by molar-refractivity contribution is 9.10. The van der Waals surface area contributed by atoms with Gasteiger partial charge in [-0.1, -0.05) is 0 Å². The molecule has 0 spiro atoms. The Kier molecular flexibility index (Phi) is 4.07. The molecule has 21 heavy (non-hydrogen) atoms. The van der Waals surface area contributed by atoms with Gasteiger partial charge in [-0.25, -0.2) is 9.97 Å². The Morgan fingerprint density at radius 3 is 2.48 bits per heavy atom. The predicted octanol–water partition coefficient (Wildman–Crippen LogP) is 3.91. The van der Waals surface area contributed by atoms with Crippen LogP contribution < -0.4 is 5.32 Å². The first-order chi connectivity index (χ1) is 9.77. The highest BCUT2D eigenvalue weighted by Crippen LogP contribution is 2.30. The molecule has 0 amide bonds. The van der Waals surface area contributed by atoms with Gasteiger partial charge in [0.25, 0.3) is 0 Å². The maximum absolute atomic E-state index is 12.4. The van der Waals surface area contributed by atoms with Crippen LogP contribution in [0, 0.1) is 10.1 Å². The average molecular weight is 363 g/mol. The average Bonchev–Trinajstić information content (AvgIpc) is 2.40. The Morgan fingerprint density at radius 2 is 1.95 bits per heavy atom. The van der Waals surface area contributed by atoms with Crippen LogP contribution in [0.5, 0.6) is 0 Å². The van der Waals surface area contributed by atoms with Crippen LogP contribution in [-0.2, 0) is 6.18 Å². The standard InChI is InChI=1S/C11H6BrF3N4O2/c12-6-3-8(19(20)21)10(17-4-6)18-7-1-2-9(16-5-7)11(13,14)15/h1-5H,(H,17,18). The highest BCUT2D eigenvalue weighted by Gasteiger charge is 2.32. The number of nitrogens with one attached hydrogen (secondary N) is 1. The molecule has 2 aromatic heterocycles. The summed E-state index contributed by atoms with van der Waals surface area (Å²) in [5.74, 6) is -0.0928. The third kappa shape index (κ3) is 3.66. The van der Waals surface area contributed by atoms with E-state index in [0.29, 0.717) is 4.47 Å². The second kappa shape index (κ2) is 5.64. The number of nitrogens with zero attached hydrogens (tertiary/aromatic N) is 3. The Balaban J connectivity index is 2.28. The highest BCUT2D eigenvalue weighted by atomic mass is 79.9. The van der Waals surface area contributed by atoms with Gasteiger partial charge in [-0.3, -0.25) is 10.1 Å². The summed E-state index contributed by atoms with van der Waals surface area (Å²) < 4.78 is 37.5. The van der Waals surface area contributed by atoms with E-state index in [1.54, 1.807) is 0 Å². The third-order valence-electron chi connectivity index (χ3n) is 2.35.